The first kappa shape index (κ1) is 27.9. The molecule has 2 heterocycles. The quantitative estimate of drug-likeness (QED) is 0.207. The fourth-order valence-corrected chi connectivity index (χ4v) is 5.91. The van der Waals surface area contributed by atoms with Gasteiger partial charge >= 0.3 is 0 Å². The van der Waals surface area contributed by atoms with Crippen molar-refractivity contribution >= 4 is 40.6 Å². The van der Waals surface area contributed by atoms with E-state index in [-0.39, 0.29) is 17.7 Å². The van der Waals surface area contributed by atoms with Crippen molar-refractivity contribution in [2.75, 3.05) is 12.0 Å². The molecule has 206 valence electrons. The van der Waals surface area contributed by atoms with Crippen LogP contribution in [0.3, 0.4) is 0 Å². The minimum absolute atomic E-state index is 0.0208. The van der Waals surface area contributed by atoms with Gasteiger partial charge in [0.2, 0.25) is 0 Å². The summed E-state index contributed by atoms with van der Waals surface area (Å²) in [6.07, 6.45) is 0.380. The molecule has 0 radical (unpaired) electrons. The van der Waals surface area contributed by atoms with Gasteiger partial charge in [0.05, 0.1) is 18.4 Å². The largest absolute Gasteiger partial charge is 0.496 e. The zero-order valence-electron chi connectivity index (χ0n) is 23.4. The molecule has 5 rings (SSSR count). The lowest BCUT2D eigenvalue weighted by molar-refractivity contribution is 0.0980. The van der Waals surface area contributed by atoms with Gasteiger partial charge < -0.3 is 9.30 Å². The smallest absolute Gasteiger partial charge is 0.279 e. The average molecular weight is 577 g/mol. The second-order valence-corrected chi connectivity index (χ2v) is 11.2. The molecular weight excluding hydrogens is 545 g/mol. The van der Waals surface area contributed by atoms with Crippen LogP contribution in [0.5, 0.6) is 5.75 Å². The molecule has 1 aliphatic rings. The Bertz CT molecular complexity index is 1660. The van der Waals surface area contributed by atoms with E-state index in [0.717, 1.165) is 28.1 Å². The molecule has 1 amide bonds. The number of methoxy groups -OCH3 is 1. The normalized spacial score (nSPS) is 14.7. The topological polar surface area (TPSA) is 64.4 Å². The summed E-state index contributed by atoms with van der Waals surface area (Å²) in [5, 5.41) is 1.16. The van der Waals surface area contributed by atoms with Crippen LogP contribution in [0.4, 0.5) is 5.69 Å². The fraction of sp³-hybridized carbons (Fsp3) is 0.281. The maximum Gasteiger partial charge on any atom is 0.279 e. The molecule has 1 aromatic heterocycles. The van der Waals surface area contributed by atoms with Crippen molar-refractivity contribution in [3.8, 4) is 17.1 Å². The summed E-state index contributed by atoms with van der Waals surface area (Å²) >= 11 is 12.8. The van der Waals surface area contributed by atoms with Gasteiger partial charge in [-0.05, 0) is 86.8 Å². The Morgan fingerprint density at radius 3 is 2.35 bits per heavy atom. The number of hydrogen-bond acceptors (Lipinski definition) is 4. The number of amides is 1. The van der Waals surface area contributed by atoms with Crippen molar-refractivity contribution in [1.82, 2.24) is 9.55 Å². The summed E-state index contributed by atoms with van der Waals surface area (Å²) in [4.78, 5) is 33.7. The van der Waals surface area contributed by atoms with Gasteiger partial charge in [-0.3, -0.25) is 14.5 Å². The molecule has 0 aliphatic carbocycles. The number of benzene rings is 3. The molecule has 40 heavy (non-hydrogen) atoms. The van der Waals surface area contributed by atoms with E-state index in [1.54, 1.807) is 24.1 Å². The standard InChI is InChI=1S/C32H31Cl2N3O3/c1-7-26(38)20-9-13-27(40-6)24(15-20)31-35-28-30(36(31)17(2)3)29(23-12-11-21(33)14-19(23)5)37(32(28)39)25-16-22(34)10-8-18(25)4/h8-17,29H,7H2,1-6H3. The Morgan fingerprint density at radius 1 is 1.00 bits per heavy atom. The van der Waals surface area contributed by atoms with E-state index in [0.29, 0.717) is 44.9 Å². The third kappa shape index (κ3) is 4.59. The summed E-state index contributed by atoms with van der Waals surface area (Å²) in [5.74, 6) is 0.954. The highest BCUT2D eigenvalue weighted by Crippen LogP contribution is 2.47. The van der Waals surface area contributed by atoms with Gasteiger partial charge in [-0.25, -0.2) is 4.98 Å². The van der Waals surface area contributed by atoms with Crippen molar-refractivity contribution in [3.05, 3.63) is 98.3 Å². The summed E-state index contributed by atoms with van der Waals surface area (Å²) in [6, 6.07) is 16.1. The van der Waals surface area contributed by atoms with E-state index in [4.69, 9.17) is 32.9 Å². The van der Waals surface area contributed by atoms with Gasteiger partial charge in [0.25, 0.3) is 5.91 Å². The molecule has 0 saturated carbocycles. The Balaban J connectivity index is 1.83. The molecule has 0 spiro atoms. The van der Waals surface area contributed by atoms with Gasteiger partial charge in [0.1, 0.15) is 17.6 Å². The Hall–Kier alpha value is -3.61. The number of carbonyl (C=O) groups excluding carboxylic acids is 2. The molecule has 0 fully saturated rings. The fourth-order valence-electron chi connectivity index (χ4n) is 5.51. The lowest BCUT2D eigenvalue weighted by Crippen LogP contribution is -2.31. The second kappa shape index (κ2) is 10.8. The molecule has 4 aromatic rings. The SMILES string of the molecule is CCC(=O)c1ccc(OC)c(-c2nc3c(n2C(C)C)C(c2ccc(Cl)cc2C)N(c2cc(Cl)ccc2C)C3=O)c1. The lowest BCUT2D eigenvalue weighted by Gasteiger charge is -2.30. The minimum atomic E-state index is -0.480. The summed E-state index contributed by atoms with van der Waals surface area (Å²) in [6.45, 7) is 9.90. The molecule has 0 bridgehead atoms. The lowest BCUT2D eigenvalue weighted by atomic mass is 9.97. The van der Waals surface area contributed by atoms with Crippen molar-refractivity contribution in [3.63, 3.8) is 0 Å². The van der Waals surface area contributed by atoms with E-state index < -0.39 is 6.04 Å². The molecule has 1 aliphatic heterocycles. The number of imidazole rings is 1. The van der Waals surface area contributed by atoms with Crippen molar-refractivity contribution < 1.29 is 14.3 Å². The summed E-state index contributed by atoms with van der Waals surface area (Å²) in [5.41, 5.74) is 5.90. The van der Waals surface area contributed by atoms with Crippen LogP contribution in [-0.2, 0) is 0 Å². The van der Waals surface area contributed by atoms with Crippen molar-refractivity contribution in [1.29, 1.82) is 0 Å². The molecule has 0 saturated heterocycles. The number of anilines is 1. The number of Topliss-reactive ketones (excluding diaryl/α,β-unsaturated/α-hetero) is 1. The van der Waals surface area contributed by atoms with E-state index in [1.807, 2.05) is 63.2 Å². The number of rotatable bonds is 7. The predicted molar refractivity (Wildman–Crippen MR) is 160 cm³/mol. The monoisotopic (exact) mass is 575 g/mol. The number of carbonyl (C=O) groups is 2. The van der Waals surface area contributed by atoms with Gasteiger partial charge in [-0.2, -0.15) is 0 Å². The van der Waals surface area contributed by atoms with Crippen LogP contribution < -0.4 is 9.64 Å². The van der Waals surface area contributed by atoms with E-state index >= 15 is 0 Å². The first-order chi connectivity index (χ1) is 19.1. The third-order valence-electron chi connectivity index (χ3n) is 7.44. The third-order valence-corrected chi connectivity index (χ3v) is 7.91. The first-order valence-corrected chi connectivity index (χ1v) is 14.0. The van der Waals surface area contributed by atoms with Gasteiger partial charge in [0.15, 0.2) is 11.5 Å². The maximum absolute atomic E-state index is 14.3. The highest BCUT2D eigenvalue weighted by molar-refractivity contribution is 6.31. The molecule has 1 unspecified atom stereocenters. The van der Waals surface area contributed by atoms with Crippen LogP contribution in [0.15, 0.2) is 54.6 Å². The molecule has 0 N–H and O–H groups in total. The first-order valence-electron chi connectivity index (χ1n) is 13.3. The highest BCUT2D eigenvalue weighted by atomic mass is 35.5. The van der Waals surface area contributed by atoms with Crippen LogP contribution in [0.1, 0.15) is 82.5 Å². The number of hydrogen-bond donors (Lipinski definition) is 0. The van der Waals surface area contributed by atoms with Crippen LogP contribution in [0, 0.1) is 13.8 Å². The molecule has 1 atom stereocenters. The van der Waals surface area contributed by atoms with Crippen LogP contribution in [-0.4, -0.2) is 28.4 Å². The van der Waals surface area contributed by atoms with Crippen LogP contribution in [0.2, 0.25) is 10.0 Å². The number of ketones is 1. The average Bonchev–Trinajstić information content (AvgIpc) is 3.44. The summed E-state index contributed by atoms with van der Waals surface area (Å²) < 4.78 is 7.79. The predicted octanol–water partition coefficient (Wildman–Crippen LogP) is 8.41. The zero-order valence-corrected chi connectivity index (χ0v) is 24.9. The molecule has 8 heteroatoms. The van der Waals surface area contributed by atoms with Crippen molar-refractivity contribution in [2.45, 2.75) is 53.1 Å². The maximum atomic E-state index is 14.3. The number of nitrogens with zero attached hydrogens (tertiary/aromatic N) is 3. The Kier molecular flexibility index (Phi) is 7.51. The molecule has 3 aromatic carbocycles. The molecule has 6 nitrogen and oxygen atoms in total. The van der Waals surface area contributed by atoms with Crippen LogP contribution in [0.25, 0.3) is 11.4 Å². The number of halogens is 2. The number of fused-ring (bicyclic) bond motifs is 1. The van der Waals surface area contributed by atoms with Gasteiger partial charge in [-0.1, -0.05) is 42.3 Å². The van der Waals surface area contributed by atoms with Crippen molar-refractivity contribution in [2.24, 2.45) is 0 Å². The number of aryl methyl sites for hydroxylation is 2. The number of aromatic nitrogens is 2. The van der Waals surface area contributed by atoms with Gasteiger partial charge in [-0.15, -0.1) is 0 Å². The van der Waals surface area contributed by atoms with E-state index in [1.165, 1.54) is 0 Å². The number of ether oxygens (including phenoxy) is 1. The van der Waals surface area contributed by atoms with E-state index in [2.05, 4.69) is 18.4 Å². The minimum Gasteiger partial charge on any atom is -0.496 e. The Labute approximate surface area is 244 Å². The second-order valence-electron chi connectivity index (χ2n) is 10.3. The van der Waals surface area contributed by atoms with Gasteiger partial charge in [0, 0.05) is 33.8 Å². The van der Waals surface area contributed by atoms with Crippen LogP contribution >= 0.6 is 23.2 Å². The molecular formula is C32H31Cl2N3O3. The zero-order chi connectivity index (χ0) is 28.9. The Morgan fingerprint density at radius 2 is 1.70 bits per heavy atom. The van der Waals surface area contributed by atoms with E-state index in [9.17, 15) is 9.59 Å². The summed E-state index contributed by atoms with van der Waals surface area (Å²) in [7, 11) is 1.59. The highest BCUT2D eigenvalue weighted by Gasteiger charge is 2.45.